The largest absolute Gasteiger partial charge is 0.501 e. The minimum Gasteiger partial charge on any atom is -0.501 e. The maximum Gasteiger partial charge on any atom is 0.121 e. The van der Waals surface area contributed by atoms with Crippen LogP contribution in [-0.4, -0.2) is 18.0 Å². The van der Waals surface area contributed by atoms with Gasteiger partial charge in [-0.15, -0.1) is 54.1 Å². The maximum atomic E-state index is 6.41. The third-order valence-corrected chi connectivity index (χ3v) is 12.1. The fourth-order valence-corrected chi connectivity index (χ4v) is 9.09. The van der Waals surface area contributed by atoms with E-state index in [1.165, 1.54) is 54.0 Å². The summed E-state index contributed by atoms with van der Waals surface area (Å²) in [6.45, 7) is 11.7. The number of rotatable bonds is 7. The molecule has 0 amide bonds. The second-order valence-corrected chi connectivity index (χ2v) is 20.5. The molecule has 1 radical (unpaired) electrons. The first-order valence-corrected chi connectivity index (χ1v) is 22.1. The number of hydrogen-bond donors (Lipinski definition) is 0. The molecule has 0 N–H and O–H groups in total. The molecule has 1 aliphatic rings. The predicted octanol–water partition coefficient (Wildman–Crippen LogP) is 12.5. The van der Waals surface area contributed by atoms with Gasteiger partial charge in [0.25, 0.3) is 0 Å². The van der Waals surface area contributed by atoms with Gasteiger partial charge in [-0.05, 0) is 70.9 Å². The molecule has 0 spiro atoms. The van der Waals surface area contributed by atoms with Gasteiger partial charge in [-0.2, -0.15) is 0 Å². The Kier molecular flexibility index (Phi) is 12.1. The number of pyridine rings is 2. The van der Waals surface area contributed by atoms with Crippen molar-refractivity contribution >= 4 is 35.2 Å². The number of benzene rings is 4. The van der Waals surface area contributed by atoms with Crippen LogP contribution in [-0.2, 0) is 26.5 Å². The van der Waals surface area contributed by atoms with Crippen LogP contribution in [0.3, 0.4) is 0 Å². The maximum absolute atomic E-state index is 6.41. The molecule has 0 saturated heterocycles. The van der Waals surface area contributed by atoms with Gasteiger partial charge in [0.1, 0.15) is 5.58 Å². The number of nitrogens with zero attached hydrogens (tertiary/aromatic N) is 2. The molecule has 3 heterocycles. The minimum atomic E-state index is -1.34. The van der Waals surface area contributed by atoms with Gasteiger partial charge >= 0.3 is 0 Å². The second-order valence-electron chi connectivity index (χ2n) is 15.4. The number of hydrogen-bond acceptors (Lipinski definition) is 3. The molecule has 1 aliphatic carbocycles. The molecule has 7 aromatic rings. The van der Waals surface area contributed by atoms with Crippen molar-refractivity contribution in [3.05, 3.63) is 139 Å². The van der Waals surface area contributed by atoms with Crippen LogP contribution in [0.15, 0.2) is 120 Å². The summed E-state index contributed by atoms with van der Waals surface area (Å²) in [5.74, 6) is 1.32. The van der Waals surface area contributed by atoms with Crippen molar-refractivity contribution in [2.45, 2.75) is 77.9 Å². The van der Waals surface area contributed by atoms with Crippen LogP contribution in [0.1, 0.15) is 63.0 Å². The number of aromatic nitrogens is 2. The van der Waals surface area contributed by atoms with Crippen LogP contribution >= 0.6 is 0 Å². The normalized spacial score (nSPS) is 13.5. The minimum absolute atomic E-state index is 0. The zero-order chi connectivity index (χ0) is 35.4. The van der Waals surface area contributed by atoms with Gasteiger partial charge in [0.2, 0.25) is 0 Å². The van der Waals surface area contributed by atoms with Crippen LogP contribution in [0.25, 0.3) is 55.6 Å². The van der Waals surface area contributed by atoms with Crippen LogP contribution in [0.2, 0.25) is 19.6 Å². The molecule has 267 valence electrons. The van der Waals surface area contributed by atoms with Gasteiger partial charge in [0.15, 0.2) is 0 Å². The van der Waals surface area contributed by atoms with Gasteiger partial charge in [-0.1, -0.05) is 129 Å². The summed E-state index contributed by atoms with van der Waals surface area (Å²) in [7, 11) is -1.34. The summed E-state index contributed by atoms with van der Waals surface area (Å²) >= 11 is 0. The van der Waals surface area contributed by atoms with E-state index in [2.05, 4.69) is 130 Å². The van der Waals surface area contributed by atoms with E-state index in [9.17, 15) is 0 Å². The topological polar surface area (TPSA) is 38.9 Å². The van der Waals surface area contributed by atoms with E-state index in [-0.39, 0.29) is 20.1 Å². The van der Waals surface area contributed by atoms with Crippen LogP contribution in [0.5, 0.6) is 0 Å². The Balaban J connectivity index is 0.000000193. The molecule has 0 aliphatic heterocycles. The van der Waals surface area contributed by atoms with Gasteiger partial charge < -0.3 is 14.4 Å². The Bertz CT molecular complexity index is 2230. The van der Waals surface area contributed by atoms with Crippen molar-refractivity contribution in [2.75, 3.05) is 0 Å². The van der Waals surface area contributed by atoms with Gasteiger partial charge in [0.05, 0.1) is 13.7 Å². The van der Waals surface area contributed by atoms with Crippen molar-refractivity contribution in [1.82, 2.24) is 9.97 Å². The van der Waals surface area contributed by atoms with Gasteiger partial charge in [-0.3, -0.25) is 0 Å². The third-order valence-electron chi connectivity index (χ3n) is 10.1. The first-order chi connectivity index (χ1) is 24.7. The first kappa shape index (κ1) is 37.6. The molecule has 52 heavy (non-hydrogen) atoms. The van der Waals surface area contributed by atoms with E-state index in [1.807, 2.05) is 36.5 Å². The average Bonchev–Trinajstić information content (AvgIpc) is 3.54. The summed E-state index contributed by atoms with van der Waals surface area (Å²) in [6, 6.07) is 42.5. The number of fused-ring (bicyclic) bond motifs is 3. The molecule has 5 heteroatoms. The summed E-state index contributed by atoms with van der Waals surface area (Å²) < 4.78 is 6.41. The Hall–Kier alpha value is -4.15. The van der Waals surface area contributed by atoms with Crippen molar-refractivity contribution in [3.8, 4) is 33.6 Å². The fourth-order valence-electron chi connectivity index (χ4n) is 7.50. The Morgan fingerprint density at radius 1 is 0.750 bits per heavy atom. The zero-order valence-electron chi connectivity index (χ0n) is 31.0. The van der Waals surface area contributed by atoms with E-state index < -0.39 is 8.07 Å². The van der Waals surface area contributed by atoms with E-state index in [0.29, 0.717) is 11.8 Å². The van der Waals surface area contributed by atoms with Gasteiger partial charge in [-0.25, -0.2) is 0 Å². The smallest absolute Gasteiger partial charge is 0.121 e. The van der Waals surface area contributed by atoms with Crippen molar-refractivity contribution in [2.24, 2.45) is 5.92 Å². The van der Waals surface area contributed by atoms with Crippen molar-refractivity contribution in [1.29, 1.82) is 0 Å². The molecule has 1 fully saturated rings. The standard InChI is InChI=1S/C29H24NO.C18H24NSi.Ir/c1-3-8-20(9-4-1)22-14-15-24-25-12-7-13-26(29(25)31-28(24)19-22)27-18-23(16-17-30-27)21-10-5-2-6-11-21;1-14(2)11-16-12-17(15-9-7-6-8-10-15)19-13-18(16)20(3,4)5;/h1,3-4,7-9,12,14-19,21H,2,5-6,10-11H2;6-9,12-14H,11H2,1-5H3;/q2*-1;. The van der Waals surface area contributed by atoms with Crippen molar-refractivity contribution < 1.29 is 24.5 Å². The summed E-state index contributed by atoms with van der Waals surface area (Å²) in [5, 5.41) is 3.74. The van der Waals surface area contributed by atoms with Gasteiger partial charge in [0, 0.05) is 37.9 Å². The molecule has 3 nitrogen and oxygen atoms in total. The average molecular weight is 877 g/mol. The number of furan rings is 1. The first-order valence-electron chi connectivity index (χ1n) is 18.6. The van der Waals surface area contributed by atoms with E-state index in [4.69, 9.17) is 9.40 Å². The summed E-state index contributed by atoms with van der Waals surface area (Å²) in [4.78, 5) is 9.39. The molecule has 3 aromatic heterocycles. The van der Waals surface area contributed by atoms with Crippen molar-refractivity contribution in [3.63, 3.8) is 0 Å². The second kappa shape index (κ2) is 16.7. The van der Waals surface area contributed by atoms with E-state index in [0.717, 1.165) is 56.4 Å². The zero-order valence-corrected chi connectivity index (χ0v) is 34.4. The molecular weight excluding hydrogens is 829 g/mol. The summed E-state index contributed by atoms with van der Waals surface area (Å²) in [5.41, 5.74) is 11.0. The Labute approximate surface area is 324 Å². The van der Waals surface area contributed by atoms with E-state index in [1.54, 1.807) is 0 Å². The molecule has 1 saturated carbocycles. The Morgan fingerprint density at radius 3 is 2.27 bits per heavy atom. The Morgan fingerprint density at radius 2 is 1.54 bits per heavy atom. The fraction of sp³-hybridized carbons (Fsp3) is 0.277. The molecule has 0 atom stereocenters. The third kappa shape index (κ3) is 8.55. The molecular formula is C47H48IrN2OSi-2. The molecule has 0 unspecified atom stereocenters. The van der Waals surface area contributed by atoms with E-state index >= 15 is 0 Å². The van der Waals surface area contributed by atoms with Crippen LogP contribution in [0, 0.1) is 18.1 Å². The SMILES string of the molecule is CC(C)Cc1cc(-c2[c-]cccc2)ncc1[Si](C)(C)C.[Ir].[c-]1ccc2c(oc3cc(-c4ccccc4)ccc32)c1-c1cc(C2CCCCC2)ccn1. The molecule has 4 aromatic carbocycles. The monoisotopic (exact) mass is 877 g/mol. The predicted molar refractivity (Wildman–Crippen MR) is 217 cm³/mol. The van der Waals surface area contributed by atoms with Crippen LogP contribution in [0.4, 0.5) is 0 Å². The molecule has 0 bridgehead atoms. The molecule has 8 rings (SSSR count). The quantitative estimate of drug-likeness (QED) is 0.118. The summed E-state index contributed by atoms with van der Waals surface area (Å²) in [6.07, 6.45) is 11.8. The van der Waals surface area contributed by atoms with Crippen LogP contribution < -0.4 is 5.19 Å².